The predicted molar refractivity (Wildman–Crippen MR) is 78.2 cm³/mol. The highest BCUT2D eigenvalue weighted by Crippen LogP contribution is 2.28. The van der Waals surface area contributed by atoms with E-state index in [4.69, 9.17) is 5.73 Å². The summed E-state index contributed by atoms with van der Waals surface area (Å²) in [7, 11) is 0. The highest BCUT2D eigenvalue weighted by Gasteiger charge is 2.21. The Morgan fingerprint density at radius 3 is 3.11 bits per heavy atom. The SMILES string of the molecule is Nc1cccc2c1CCN(c1nc[nH]c(=O)c1Br)C2. The number of nitrogens with zero attached hydrogens (tertiary/aromatic N) is 2. The van der Waals surface area contributed by atoms with Gasteiger partial charge in [-0.25, -0.2) is 4.98 Å². The van der Waals surface area contributed by atoms with E-state index in [9.17, 15) is 4.79 Å². The molecule has 0 radical (unpaired) electrons. The molecule has 2 heterocycles. The van der Waals surface area contributed by atoms with Crippen molar-refractivity contribution in [1.82, 2.24) is 9.97 Å². The van der Waals surface area contributed by atoms with Gasteiger partial charge in [-0.2, -0.15) is 0 Å². The van der Waals surface area contributed by atoms with Gasteiger partial charge in [-0.1, -0.05) is 12.1 Å². The molecule has 19 heavy (non-hydrogen) atoms. The molecule has 0 fully saturated rings. The highest BCUT2D eigenvalue weighted by molar-refractivity contribution is 9.10. The maximum absolute atomic E-state index is 11.6. The molecule has 5 nitrogen and oxygen atoms in total. The second-order valence-corrected chi connectivity index (χ2v) is 5.32. The number of aromatic amines is 1. The van der Waals surface area contributed by atoms with Crippen molar-refractivity contribution < 1.29 is 0 Å². The zero-order chi connectivity index (χ0) is 13.4. The summed E-state index contributed by atoms with van der Waals surface area (Å²) in [5.74, 6) is 0.678. The Balaban J connectivity index is 1.98. The van der Waals surface area contributed by atoms with Gasteiger partial charge in [0.25, 0.3) is 5.56 Å². The van der Waals surface area contributed by atoms with Gasteiger partial charge in [0.1, 0.15) is 4.47 Å². The van der Waals surface area contributed by atoms with Crippen LogP contribution in [0.2, 0.25) is 0 Å². The zero-order valence-electron chi connectivity index (χ0n) is 10.2. The van der Waals surface area contributed by atoms with Crippen molar-refractivity contribution in [2.24, 2.45) is 0 Å². The molecule has 0 atom stereocenters. The van der Waals surface area contributed by atoms with Gasteiger partial charge in [-0.3, -0.25) is 4.79 Å². The molecule has 1 aliphatic heterocycles. The maximum atomic E-state index is 11.6. The number of fused-ring (bicyclic) bond motifs is 1. The van der Waals surface area contributed by atoms with Gasteiger partial charge in [0.05, 0.1) is 6.33 Å². The molecule has 0 amide bonds. The van der Waals surface area contributed by atoms with Gasteiger partial charge < -0.3 is 15.6 Å². The summed E-state index contributed by atoms with van der Waals surface area (Å²) in [5, 5.41) is 0. The number of hydrogen-bond acceptors (Lipinski definition) is 4. The predicted octanol–water partition coefficient (Wildman–Crippen LogP) is 1.68. The van der Waals surface area contributed by atoms with E-state index in [1.165, 1.54) is 17.5 Å². The molecule has 1 aromatic carbocycles. The number of benzene rings is 1. The lowest BCUT2D eigenvalue weighted by molar-refractivity contribution is 0.717. The van der Waals surface area contributed by atoms with E-state index in [-0.39, 0.29) is 5.56 Å². The van der Waals surface area contributed by atoms with Crippen LogP contribution in [0.15, 0.2) is 33.8 Å². The summed E-state index contributed by atoms with van der Waals surface area (Å²) in [6, 6.07) is 5.95. The van der Waals surface area contributed by atoms with E-state index >= 15 is 0 Å². The first kappa shape index (κ1) is 12.2. The van der Waals surface area contributed by atoms with Crippen LogP contribution in [-0.2, 0) is 13.0 Å². The van der Waals surface area contributed by atoms with Crippen LogP contribution < -0.4 is 16.2 Å². The molecule has 0 saturated carbocycles. The average molecular weight is 321 g/mol. The maximum Gasteiger partial charge on any atom is 0.267 e. The first-order valence-corrected chi connectivity index (χ1v) is 6.80. The van der Waals surface area contributed by atoms with Gasteiger partial charge in [-0.05, 0) is 39.5 Å². The fraction of sp³-hybridized carbons (Fsp3) is 0.231. The summed E-state index contributed by atoms with van der Waals surface area (Å²) in [6.07, 6.45) is 2.29. The number of anilines is 2. The van der Waals surface area contributed by atoms with Crippen molar-refractivity contribution in [1.29, 1.82) is 0 Å². The second-order valence-electron chi connectivity index (χ2n) is 4.53. The molecule has 0 bridgehead atoms. The monoisotopic (exact) mass is 320 g/mol. The molecular formula is C13H13BrN4O. The largest absolute Gasteiger partial charge is 0.398 e. The van der Waals surface area contributed by atoms with Crippen LogP contribution in [0.25, 0.3) is 0 Å². The second kappa shape index (κ2) is 4.70. The molecule has 0 aliphatic carbocycles. The summed E-state index contributed by atoms with van der Waals surface area (Å²) < 4.78 is 0.474. The molecule has 2 aromatic rings. The smallest absolute Gasteiger partial charge is 0.267 e. The first-order valence-electron chi connectivity index (χ1n) is 6.01. The van der Waals surface area contributed by atoms with Crippen LogP contribution in [-0.4, -0.2) is 16.5 Å². The number of nitrogens with two attached hydrogens (primary N) is 1. The normalized spacial score (nSPS) is 14.3. The Labute approximate surface area is 118 Å². The molecule has 98 valence electrons. The third kappa shape index (κ3) is 2.12. The van der Waals surface area contributed by atoms with Crippen molar-refractivity contribution >= 4 is 27.4 Å². The number of hydrogen-bond donors (Lipinski definition) is 2. The standard InChI is InChI=1S/C13H13BrN4O/c14-11-12(16-7-17-13(11)19)18-5-4-9-8(6-18)2-1-3-10(9)15/h1-3,7H,4-6,15H2,(H,16,17,19). The molecule has 0 unspecified atom stereocenters. The molecule has 3 N–H and O–H groups in total. The van der Waals surface area contributed by atoms with E-state index in [1.54, 1.807) is 0 Å². The third-order valence-corrected chi connectivity index (χ3v) is 4.09. The Bertz CT molecular complexity index is 683. The Kier molecular flexibility index (Phi) is 3.02. The lowest BCUT2D eigenvalue weighted by Gasteiger charge is -2.30. The van der Waals surface area contributed by atoms with Crippen molar-refractivity contribution in [2.45, 2.75) is 13.0 Å². The Hall–Kier alpha value is -1.82. The van der Waals surface area contributed by atoms with E-state index in [2.05, 4.69) is 36.9 Å². The van der Waals surface area contributed by atoms with Crippen molar-refractivity contribution in [2.75, 3.05) is 17.2 Å². The topological polar surface area (TPSA) is 75.0 Å². The lowest BCUT2D eigenvalue weighted by atomic mass is 9.98. The third-order valence-electron chi connectivity index (χ3n) is 3.38. The van der Waals surface area contributed by atoms with E-state index < -0.39 is 0 Å². The fourth-order valence-corrected chi connectivity index (χ4v) is 2.88. The van der Waals surface area contributed by atoms with Crippen LogP contribution in [0.4, 0.5) is 11.5 Å². The fourth-order valence-electron chi connectivity index (χ4n) is 2.41. The van der Waals surface area contributed by atoms with E-state index in [0.717, 1.165) is 25.2 Å². The van der Waals surface area contributed by atoms with E-state index in [0.29, 0.717) is 10.3 Å². The number of nitrogens with one attached hydrogen (secondary N) is 1. The molecular weight excluding hydrogens is 308 g/mol. The number of halogens is 1. The average Bonchev–Trinajstić information content (AvgIpc) is 2.42. The molecule has 3 rings (SSSR count). The van der Waals surface area contributed by atoms with E-state index in [1.807, 2.05) is 12.1 Å². The van der Waals surface area contributed by atoms with Gasteiger partial charge in [0.15, 0.2) is 5.82 Å². The van der Waals surface area contributed by atoms with Gasteiger partial charge in [0.2, 0.25) is 0 Å². The van der Waals surface area contributed by atoms with Crippen LogP contribution in [0.3, 0.4) is 0 Å². The summed E-state index contributed by atoms with van der Waals surface area (Å²) >= 11 is 3.30. The minimum absolute atomic E-state index is 0.164. The number of aromatic nitrogens is 2. The minimum Gasteiger partial charge on any atom is -0.398 e. The van der Waals surface area contributed by atoms with Crippen LogP contribution in [0, 0.1) is 0 Å². The van der Waals surface area contributed by atoms with Crippen LogP contribution in [0.5, 0.6) is 0 Å². The number of H-pyrrole nitrogens is 1. The molecule has 1 aromatic heterocycles. The van der Waals surface area contributed by atoms with Crippen molar-refractivity contribution in [3.05, 3.63) is 50.5 Å². The highest BCUT2D eigenvalue weighted by atomic mass is 79.9. The zero-order valence-corrected chi connectivity index (χ0v) is 11.8. The van der Waals surface area contributed by atoms with Crippen LogP contribution >= 0.6 is 15.9 Å². The number of rotatable bonds is 1. The quantitative estimate of drug-likeness (QED) is 0.784. The molecule has 6 heteroatoms. The first-order chi connectivity index (χ1) is 9.16. The lowest BCUT2D eigenvalue weighted by Crippen LogP contribution is -2.33. The summed E-state index contributed by atoms with van der Waals surface area (Å²) in [4.78, 5) is 20.5. The van der Waals surface area contributed by atoms with Crippen LogP contribution in [0.1, 0.15) is 11.1 Å². The van der Waals surface area contributed by atoms with Crippen molar-refractivity contribution in [3.8, 4) is 0 Å². The Morgan fingerprint density at radius 1 is 1.42 bits per heavy atom. The Morgan fingerprint density at radius 2 is 2.26 bits per heavy atom. The molecule has 0 saturated heterocycles. The molecule has 1 aliphatic rings. The minimum atomic E-state index is -0.164. The van der Waals surface area contributed by atoms with Gasteiger partial charge >= 0.3 is 0 Å². The van der Waals surface area contributed by atoms with Gasteiger partial charge in [-0.15, -0.1) is 0 Å². The molecule has 0 spiro atoms. The van der Waals surface area contributed by atoms with Gasteiger partial charge in [0, 0.05) is 18.8 Å². The van der Waals surface area contributed by atoms with Crippen molar-refractivity contribution in [3.63, 3.8) is 0 Å². The summed E-state index contributed by atoms with van der Waals surface area (Å²) in [5.41, 5.74) is 9.06. The summed E-state index contributed by atoms with van der Waals surface area (Å²) in [6.45, 7) is 1.52. The number of nitrogen functional groups attached to an aromatic ring is 1.